The fourth-order valence-electron chi connectivity index (χ4n) is 1.93. The summed E-state index contributed by atoms with van der Waals surface area (Å²) in [6.45, 7) is 0.773. The van der Waals surface area contributed by atoms with Crippen molar-refractivity contribution in [1.29, 1.82) is 0 Å². The van der Waals surface area contributed by atoms with E-state index < -0.39 is 0 Å². The molecule has 17 heavy (non-hydrogen) atoms. The van der Waals surface area contributed by atoms with Gasteiger partial charge in [0.2, 0.25) is 11.8 Å². The van der Waals surface area contributed by atoms with Crippen LogP contribution in [0.25, 0.3) is 0 Å². The van der Waals surface area contributed by atoms with Crippen molar-refractivity contribution in [3.63, 3.8) is 0 Å². The Kier molecular flexibility index (Phi) is 3.91. The Morgan fingerprint density at radius 1 is 1.53 bits per heavy atom. The highest BCUT2D eigenvalue weighted by molar-refractivity contribution is 7.07. The second-order valence-corrected chi connectivity index (χ2v) is 5.00. The van der Waals surface area contributed by atoms with Crippen molar-refractivity contribution in [2.75, 3.05) is 13.6 Å². The smallest absolute Gasteiger partial charge is 0.246 e. The zero-order valence-corrected chi connectivity index (χ0v) is 10.6. The van der Waals surface area contributed by atoms with Gasteiger partial charge in [-0.2, -0.15) is 11.3 Å². The van der Waals surface area contributed by atoms with Crippen LogP contribution in [0.1, 0.15) is 18.4 Å². The quantitative estimate of drug-likeness (QED) is 0.814. The van der Waals surface area contributed by atoms with Crippen molar-refractivity contribution in [2.24, 2.45) is 0 Å². The van der Waals surface area contributed by atoms with E-state index in [1.165, 1.54) is 10.5 Å². The third kappa shape index (κ3) is 2.92. The highest BCUT2D eigenvalue weighted by Gasteiger charge is 2.30. The average molecular weight is 252 g/mol. The van der Waals surface area contributed by atoms with Crippen LogP contribution < -0.4 is 5.32 Å². The molecular formula is C12H16N2O2S. The van der Waals surface area contributed by atoms with E-state index in [0.717, 1.165) is 13.0 Å². The molecule has 1 aliphatic heterocycles. The molecule has 1 N–H and O–H groups in total. The molecule has 1 aliphatic rings. The molecule has 1 aromatic heterocycles. The van der Waals surface area contributed by atoms with Crippen molar-refractivity contribution in [3.05, 3.63) is 22.4 Å². The lowest BCUT2D eigenvalue weighted by molar-refractivity contribution is -0.148. The highest BCUT2D eigenvalue weighted by Crippen LogP contribution is 2.12. The lowest BCUT2D eigenvalue weighted by Crippen LogP contribution is -2.51. The Labute approximate surface area is 105 Å². The van der Waals surface area contributed by atoms with Crippen molar-refractivity contribution >= 4 is 23.2 Å². The molecule has 5 heteroatoms. The molecule has 0 bridgehead atoms. The molecule has 2 amide bonds. The van der Waals surface area contributed by atoms with Crippen LogP contribution in [-0.4, -0.2) is 36.3 Å². The van der Waals surface area contributed by atoms with Crippen LogP contribution in [0, 0.1) is 0 Å². The summed E-state index contributed by atoms with van der Waals surface area (Å²) >= 11 is 1.68. The van der Waals surface area contributed by atoms with E-state index in [0.29, 0.717) is 12.8 Å². The van der Waals surface area contributed by atoms with E-state index >= 15 is 0 Å². The average Bonchev–Trinajstić information content (AvgIpc) is 2.82. The number of nitrogens with zero attached hydrogens (tertiary/aromatic N) is 1. The molecule has 1 atom stereocenters. The maximum Gasteiger partial charge on any atom is 0.246 e. The Hall–Kier alpha value is -1.20. The second-order valence-electron chi connectivity index (χ2n) is 4.22. The Morgan fingerprint density at radius 2 is 2.35 bits per heavy atom. The molecule has 92 valence electrons. The first kappa shape index (κ1) is 12.3. The topological polar surface area (TPSA) is 49.4 Å². The van der Waals surface area contributed by atoms with Gasteiger partial charge < -0.3 is 5.32 Å². The molecule has 2 heterocycles. The fourth-order valence-corrected chi connectivity index (χ4v) is 2.63. The normalized spacial score (nSPS) is 21.0. The first-order valence-corrected chi connectivity index (χ1v) is 6.67. The highest BCUT2D eigenvalue weighted by atomic mass is 32.1. The van der Waals surface area contributed by atoms with E-state index in [9.17, 15) is 9.59 Å². The van der Waals surface area contributed by atoms with Gasteiger partial charge in [-0.3, -0.25) is 14.5 Å². The summed E-state index contributed by atoms with van der Waals surface area (Å²) in [5, 5.41) is 7.38. The van der Waals surface area contributed by atoms with E-state index in [4.69, 9.17) is 0 Å². The molecule has 0 saturated carbocycles. The molecule has 1 aromatic rings. The van der Waals surface area contributed by atoms with Gasteiger partial charge in [0, 0.05) is 13.5 Å². The van der Waals surface area contributed by atoms with Crippen molar-refractivity contribution in [3.8, 4) is 0 Å². The van der Waals surface area contributed by atoms with Crippen LogP contribution in [0.2, 0.25) is 0 Å². The van der Waals surface area contributed by atoms with Gasteiger partial charge in [-0.05, 0) is 41.8 Å². The minimum atomic E-state index is -0.198. The van der Waals surface area contributed by atoms with Crippen LogP contribution in [0.3, 0.4) is 0 Å². The molecule has 1 saturated heterocycles. The summed E-state index contributed by atoms with van der Waals surface area (Å²) in [5.74, 6) is -0.183. The summed E-state index contributed by atoms with van der Waals surface area (Å²) in [6.07, 6.45) is 1.99. The minimum Gasteiger partial charge on any atom is -0.306 e. The largest absolute Gasteiger partial charge is 0.306 e. The first-order valence-electron chi connectivity index (χ1n) is 5.73. The molecule has 1 fully saturated rings. The molecule has 0 aliphatic carbocycles. The Balaban J connectivity index is 1.79. The molecule has 2 rings (SSSR count). The van der Waals surface area contributed by atoms with E-state index in [2.05, 4.69) is 16.8 Å². The molecule has 0 aromatic carbocycles. The number of amides is 2. The van der Waals surface area contributed by atoms with Crippen LogP contribution >= 0.6 is 11.3 Å². The summed E-state index contributed by atoms with van der Waals surface area (Å²) in [4.78, 5) is 24.3. The zero-order chi connectivity index (χ0) is 12.3. The van der Waals surface area contributed by atoms with Crippen LogP contribution in [0.5, 0.6) is 0 Å². The summed E-state index contributed by atoms with van der Waals surface area (Å²) in [6, 6.07) is 1.89. The first-order chi connectivity index (χ1) is 8.18. The number of carbonyl (C=O) groups excluding carboxylic acids is 2. The van der Waals surface area contributed by atoms with Gasteiger partial charge in [-0.1, -0.05) is 0 Å². The maximum atomic E-state index is 11.8. The minimum absolute atomic E-state index is 0.0779. The molecule has 4 nitrogen and oxygen atoms in total. The maximum absolute atomic E-state index is 11.8. The number of imide groups is 1. The van der Waals surface area contributed by atoms with Crippen molar-refractivity contribution in [2.45, 2.75) is 25.3 Å². The number of thiophene rings is 1. The number of hydrogen-bond acceptors (Lipinski definition) is 4. The monoisotopic (exact) mass is 252 g/mol. The number of nitrogens with one attached hydrogen (secondary N) is 1. The Bertz CT molecular complexity index is 403. The number of piperidine rings is 1. The number of likely N-dealkylation sites (N-methyl/N-ethyl adjacent to an activating group) is 1. The van der Waals surface area contributed by atoms with Gasteiger partial charge in [-0.25, -0.2) is 0 Å². The van der Waals surface area contributed by atoms with Crippen molar-refractivity contribution in [1.82, 2.24) is 10.2 Å². The lowest BCUT2D eigenvalue weighted by atomic mass is 10.0. The third-order valence-electron chi connectivity index (χ3n) is 3.03. The lowest BCUT2D eigenvalue weighted by Gasteiger charge is -2.28. The van der Waals surface area contributed by atoms with Gasteiger partial charge in [-0.15, -0.1) is 0 Å². The van der Waals surface area contributed by atoms with E-state index in [-0.39, 0.29) is 17.9 Å². The Morgan fingerprint density at radius 3 is 3.06 bits per heavy atom. The summed E-state index contributed by atoms with van der Waals surface area (Å²) < 4.78 is 0. The number of carbonyl (C=O) groups is 2. The van der Waals surface area contributed by atoms with E-state index in [1.807, 2.05) is 5.38 Å². The number of rotatable bonds is 4. The van der Waals surface area contributed by atoms with E-state index in [1.54, 1.807) is 18.4 Å². The third-order valence-corrected chi connectivity index (χ3v) is 3.77. The van der Waals surface area contributed by atoms with Crippen LogP contribution in [-0.2, 0) is 16.0 Å². The second kappa shape index (κ2) is 5.42. The molecule has 0 spiro atoms. The van der Waals surface area contributed by atoms with Gasteiger partial charge in [0.25, 0.3) is 0 Å². The molecule has 1 unspecified atom stereocenters. The SMILES string of the molecule is CN1C(=O)CCC(NCCc2ccsc2)C1=O. The number of likely N-dealkylation sites (tertiary alicyclic amines) is 1. The standard InChI is InChI=1S/C12H16N2O2S/c1-14-11(15)3-2-10(12(14)16)13-6-4-9-5-7-17-8-9/h5,7-8,10,13H,2-4,6H2,1H3. The van der Waals surface area contributed by atoms with Crippen LogP contribution in [0.4, 0.5) is 0 Å². The van der Waals surface area contributed by atoms with Crippen molar-refractivity contribution < 1.29 is 9.59 Å². The predicted molar refractivity (Wildman–Crippen MR) is 66.8 cm³/mol. The summed E-state index contributed by atoms with van der Waals surface area (Å²) in [7, 11) is 1.55. The summed E-state index contributed by atoms with van der Waals surface area (Å²) in [5.41, 5.74) is 1.29. The number of hydrogen-bond donors (Lipinski definition) is 1. The van der Waals surface area contributed by atoms with Gasteiger partial charge in [0.1, 0.15) is 0 Å². The zero-order valence-electron chi connectivity index (χ0n) is 9.81. The van der Waals surface area contributed by atoms with Gasteiger partial charge >= 0.3 is 0 Å². The molecule has 0 radical (unpaired) electrons. The fraction of sp³-hybridized carbons (Fsp3) is 0.500. The predicted octanol–water partition coefficient (Wildman–Crippen LogP) is 1.03. The molecular weight excluding hydrogens is 236 g/mol. The van der Waals surface area contributed by atoms with Crippen LogP contribution in [0.15, 0.2) is 16.8 Å². The van der Waals surface area contributed by atoms with Gasteiger partial charge in [0.05, 0.1) is 6.04 Å². The van der Waals surface area contributed by atoms with Gasteiger partial charge in [0.15, 0.2) is 0 Å².